The Hall–Kier alpha value is -3.13. The first kappa shape index (κ1) is 24.5. The van der Waals surface area contributed by atoms with Gasteiger partial charge in [-0.2, -0.15) is 0 Å². The highest BCUT2D eigenvalue weighted by Crippen LogP contribution is 2.35. The van der Waals surface area contributed by atoms with Gasteiger partial charge in [0.25, 0.3) is 5.69 Å². The van der Waals surface area contributed by atoms with Gasteiger partial charge < -0.3 is 19.9 Å². The molecule has 178 valence electrons. The third-order valence-corrected chi connectivity index (χ3v) is 6.18. The summed E-state index contributed by atoms with van der Waals surface area (Å²) in [6, 6.07) is 10.6. The molecule has 0 aliphatic heterocycles. The third kappa shape index (κ3) is 6.92. The fourth-order valence-corrected chi connectivity index (χ4v) is 4.31. The highest BCUT2D eigenvalue weighted by Gasteiger charge is 2.31. The van der Waals surface area contributed by atoms with Gasteiger partial charge in [-0.15, -0.1) is 0 Å². The number of hydrogen-bond donors (Lipinski definition) is 2. The molecule has 1 saturated carbocycles. The van der Waals surface area contributed by atoms with Crippen LogP contribution in [0.2, 0.25) is 0 Å². The molecule has 3 atom stereocenters. The monoisotopic (exact) mass is 456 g/mol. The molecular weight excluding hydrogens is 424 g/mol. The summed E-state index contributed by atoms with van der Waals surface area (Å²) in [6.45, 7) is 6.58. The van der Waals surface area contributed by atoms with Gasteiger partial charge >= 0.3 is 0 Å². The number of nitro groups is 1. The van der Waals surface area contributed by atoms with Crippen LogP contribution in [0, 0.1) is 27.9 Å². The summed E-state index contributed by atoms with van der Waals surface area (Å²) < 4.78 is 11.7. The van der Waals surface area contributed by atoms with Gasteiger partial charge in [0.2, 0.25) is 5.91 Å². The number of anilines is 1. The van der Waals surface area contributed by atoms with E-state index in [9.17, 15) is 20.0 Å². The van der Waals surface area contributed by atoms with Gasteiger partial charge in [0, 0.05) is 29.4 Å². The van der Waals surface area contributed by atoms with Crippen LogP contribution in [0.25, 0.3) is 0 Å². The molecule has 8 heteroatoms. The first-order chi connectivity index (χ1) is 15.7. The van der Waals surface area contributed by atoms with Crippen molar-refractivity contribution < 1.29 is 24.3 Å². The lowest BCUT2D eigenvalue weighted by atomic mass is 9.75. The van der Waals surface area contributed by atoms with Gasteiger partial charge in [-0.1, -0.05) is 33.3 Å². The highest BCUT2D eigenvalue weighted by atomic mass is 16.6. The Morgan fingerprint density at radius 1 is 1.24 bits per heavy atom. The molecule has 2 aromatic carbocycles. The number of carbonyl (C=O) groups excluding carboxylic acids is 1. The maximum atomic E-state index is 12.5. The Labute approximate surface area is 194 Å². The zero-order chi connectivity index (χ0) is 24.0. The number of non-ortho nitro benzene ring substituents is 1. The number of phenolic OH excluding ortho intramolecular Hbond substituents is 1. The van der Waals surface area contributed by atoms with Crippen molar-refractivity contribution in [2.75, 3.05) is 11.9 Å². The van der Waals surface area contributed by atoms with E-state index in [1.165, 1.54) is 24.6 Å². The van der Waals surface area contributed by atoms with Crippen molar-refractivity contribution in [1.82, 2.24) is 0 Å². The van der Waals surface area contributed by atoms with Crippen molar-refractivity contribution in [3.8, 4) is 11.5 Å². The minimum Gasteiger partial charge on any atom is -0.508 e. The lowest BCUT2D eigenvalue weighted by Crippen LogP contribution is -2.36. The molecule has 33 heavy (non-hydrogen) atoms. The van der Waals surface area contributed by atoms with Crippen LogP contribution < -0.4 is 10.1 Å². The Kier molecular flexibility index (Phi) is 8.27. The van der Waals surface area contributed by atoms with Gasteiger partial charge in [0.15, 0.2) is 0 Å². The molecule has 1 aliphatic carbocycles. The molecule has 0 bridgehead atoms. The van der Waals surface area contributed by atoms with E-state index in [2.05, 4.69) is 26.1 Å². The molecule has 1 amide bonds. The van der Waals surface area contributed by atoms with Crippen LogP contribution in [0.15, 0.2) is 42.5 Å². The van der Waals surface area contributed by atoms with Gasteiger partial charge in [-0.25, -0.2) is 0 Å². The van der Waals surface area contributed by atoms with E-state index in [1.54, 1.807) is 24.3 Å². The van der Waals surface area contributed by atoms with Crippen LogP contribution in [0.5, 0.6) is 11.5 Å². The number of nitrogens with zero attached hydrogens (tertiary/aromatic N) is 1. The largest absolute Gasteiger partial charge is 0.508 e. The number of aromatic hydroxyl groups is 1. The number of benzene rings is 2. The molecule has 0 spiro atoms. The van der Waals surface area contributed by atoms with E-state index in [-0.39, 0.29) is 36.7 Å². The third-order valence-electron chi connectivity index (χ3n) is 6.18. The SMILES string of the molecule is CC1CCC(C(C)C)C(OCC(=O)Nc2cccc(OCc3cc([N+](=O)[O-])ccc3O)c2)C1. The highest BCUT2D eigenvalue weighted by molar-refractivity contribution is 5.91. The summed E-state index contributed by atoms with van der Waals surface area (Å²) >= 11 is 0. The molecule has 2 N–H and O–H groups in total. The Morgan fingerprint density at radius 2 is 2.03 bits per heavy atom. The average Bonchev–Trinajstić information content (AvgIpc) is 2.77. The molecule has 1 fully saturated rings. The molecule has 1 aliphatic rings. The topological polar surface area (TPSA) is 111 Å². The van der Waals surface area contributed by atoms with E-state index in [0.29, 0.717) is 34.8 Å². The molecule has 3 rings (SSSR count). The number of phenols is 1. The van der Waals surface area contributed by atoms with E-state index >= 15 is 0 Å². The van der Waals surface area contributed by atoms with Crippen LogP contribution in [-0.4, -0.2) is 28.6 Å². The standard InChI is InChI=1S/C25H32N2O6/c1-16(2)22-9-7-17(3)11-24(22)33-15-25(29)26-19-5-4-6-21(13-19)32-14-18-12-20(27(30)31)8-10-23(18)28/h4-6,8,10,12-13,16-17,22,24,28H,7,9,11,14-15H2,1-3H3,(H,26,29). The quantitative estimate of drug-likeness (QED) is 0.391. The molecule has 0 radical (unpaired) electrons. The molecule has 0 saturated heterocycles. The van der Waals surface area contributed by atoms with E-state index < -0.39 is 4.92 Å². The summed E-state index contributed by atoms with van der Waals surface area (Å²) in [5.74, 6) is 1.73. The molecular formula is C25H32N2O6. The summed E-state index contributed by atoms with van der Waals surface area (Å²) in [5.41, 5.74) is 0.731. The van der Waals surface area contributed by atoms with Gasteiger partial charge in [0.1, 0.15) is 24.7 Å². The zero-order valence-electron chi connectivity index (χ0n) is 19.3. The zero-order valence-corrected chi connectivity index (χ0v) is 19.3. The minimum absolute atomic E-state index is 0.00670. The van der Waals surface area contributed by atoms with E-state index in [4.69, 9.17) is 9.47 Å². The number of hydrogen-bond acceptors (Lipinski definition) is 6. The van der Waals surface area contributed by atoms with Crippen molar-refractivity contribution in [2.45, 2.75) is 52.7 Å². The van der Waals surface area contributed by atoms with Crippen LogP contribution >= 0.6 is 0 Å². The van der Waals surface area contributed by atoms with E-state index in [0.717, 1.165) is 12.8 Å². The van der Waals surface area contributed by atoms with Crippen LogP contribution in [-0.2, 0) is 16.1 Å². The Bertz CT molecular complexity index is 977. The summed E-state index contributed by atoms with van der Waals surface area (Å²) in [4.78, 5) is 22.9. The first-order valence-corrected chi connectivity index (χ1v) is 11.3. The maximum absolute atomic E-state index is 12.5. The van der Waals surface area contributed by atoms with Crippen molar-refractivity contribution in [1.29, 1.82) is 0 Å². The van der Waals surface area contributed by atoms with Crippen LogP contribution in [0.1, 0.15) is 45.6 Å². The van der Waals surface area contributed by atoms with E-state index in [1.807, 2.05) is 0 Å². The van der Waals surface area contributed by atoms with Crippen molar-refractivity contribution in [3.05, 3.63) is 58.1 Å². The lowest BCUT2D eigenvalue weighted by molar-refractivity contribution is -0.385. The van der Waals surface area contributed by atoms with Crippen molar-refractivity contribution in [3.63, 3.8) is 0 Å². The first-order valence-electron chi connectivity index (χ1n) is 11.3. The fraction of sp³-hybridized carbons (Fsp3) is 0.480. The smallest absolute Gasteiger partial charge is 0.270 e. The summed E-state index contributed by atoms with van der Waals surface area (Å²) in [7, 11) is 0. The second-order valence-corrected chi connectivity index (χ2v) is 9.11. The van der Waals surface area contributed by atoms with Crippen LogP contribution in [0.4, 0.5) is 11.4 Å². The normalized spacial score (nSPS) is 20.4. The maximum Gasteiger partial charge on any atom is 0.270 e. The molecule has 3 unspecified atom stereocenters. The van der Waals surface area contributed by atoms with Crippen molar-refractivity contribution in [2.24, 2.45) is 17.8 Å². The Morgan fingerprint density at radius 3 is 2.76 bits per heavy atom. The average molecular weight is 457 g/mol. The number of rotatable bonds is 9. The van der Waals surface area contributed by atoms with Crippen molar-refractivity contribution >= 4 is 17.3 Å². The summed E-state index contributed by atoms with van der Waals surface area (Å²) in [5, 5.41) is 23.7. The second kappa shape index (κ2) is 11.1. The Balaban J connectivity index is 1.55. The van der Waals surface area contributed by atoms with Gasteiger partial charge in [-0.05, 0) is 48.8 Å². The number of nitro benzene ring substituents is 1. The number of ether oxygens (including phenoxy) is 2. The van der Waals surface area contributed by atoms with Gasteiger partial charge in [-0.3, -0.25) is 14.9 Å². The number of nitrogens with one attached hydrogen (secondary N) is 1. The minimum atomic E-state index is -0.529. The fourth-order valence-electron chi connectivity index (χ4n) is 4.31. The molecule has 8 nitrogen and oxygen atoms in total. The molecule has 2 aromatic rings. The van der Waals surface area contributed by atoms with Gasteiger partial charge in [0.05, 0.1) is 11.0 Å². The number of amides is 1. The second-order valence-electron chi connectivity index (χ2n) is 9.11. The summed E-state index contributed by atoms with van der Waals surface area (Å²) in [6.07, 6.45) is 3.40. The van der Waals surface area contributed by atoms with Crippen LogP contribution in [0.3, 0.4) is 0 Å². The lowest BCUT2D eigenvalue weighted by Gasteiger charge is -2.37. The number of carbonyl (C=O) groups is 1. The predicted octanol–water partition coefficient (Wildman–Crippen LogP) is 5.30. The molecule has 0 heterocycles. The predicted molar refractivity (Wildman–Crippen MR) is 125 cm³/mol. The molecule has 0 aromatic heterocycles.